The molecule has 2 nitrogen and oxygen atoms in total. The molecule has 2 aromatic rings. The summed E-state index contributed by atoms with van der Waals surface area (Å²) in [5.74, 6) is -0.251. The third-order valence-corrected chi connectivity index (χ3v) is 2.77. The quantitative estimate of drug-likeness (QED) is 0.823. The van der Waals surface area contributed by atoms with Gasteiger partial charge >= 0.3 is 0 Å². The molecular formula is C10H9FN2S. The highest BCUT2D eigenvalue weighted by Crippen LogP contribution is 2.26. The Labute approximate surface area is 85.4 Å². The fourth-order valence-corrected chi connectivity index (χ4v) is 1.98. The van der Waals surface area contributed by atoms with Crippen molar-refractivity contribution in [2.45, 2.75) is 6.54 Å². The van der Waals surface area contributed by atoms with E-state index in [4.69, 9.17) is 5.73 Å². The topological polar surface area (TPSA) is 38.9 Å². The number of nitrogens with two attached hydrogens (primary N) is 1. The van der Waals surface area contributed by atoms with Gasteiger partial charge in [0.15, 0.2) is 0 Å². The minimum Gasteiger partial charge on any atom is -0.326 e. The van der Waals surface area contributed by atoms with Crippen LogP contribution in [0.2, 0.25) is 0 Å². The van der Waals surface area contributed by atoms with Gasteiger partial charge in [-0.25, -0.2) is 8.76 Å². The normalized spacial score (nSPS) is 10.4. The molecule has 2 rings (SSSR count). The second kappa shape index (κ2) is 3.86. The predicted molar refractivity (Wildman–Crippen MR) is 55.4 cm³/mol. The maximum Gasteiger partial charge on any atom is 0.123 e. The van der Waals surface area contributed by atoms with E-state index >= 15 is 0 Å². The van der Waals surface area contributed by atoms with Crippen molar-refractivity contribution in [3.63, 3.8) is 0 Å². The van der Waals surface area contributed by atoms with Crippen LogP contribution in [0.1, 0.15) is 5.56 Å². The Morgan fingerprint density at radius 1 is 1.36 bits per heavy atom. The van der Waals surface area contributed by atoms with Crippen molar-refractivity contribution in [3.05, 3.63) is 41.8 Å². The monoisotopic (exact) mass is 208 g/mol. The van der Waals surface area contributed by atoms with Crippen LogP contribution in [0.15, 0.2) is 30.5 Å². The predicted octanol–water partition coefficient (Wildman–Crippen LogP) is 2.41. The first-order valence-corrected chi connectivity index (χ1v) is 4.98. The number of hydrogen-bond donors (Lipinski definition) is 1. The summed E-state index contributed by atoms with van der Waals surface area (Å²) < 4.78 is 16.9. The Morgan fingerprint density at radius 2 is 2.21 bits per heavy atom. The Morgan fingerprint density at radius 3 is 2.86 bits per heavy atom. The highest BCUT2D eigenvalue weighted by atomic mass is 32.1. The Balaban J connectivity index is 2.53. The average Bonchev–Trinajstić information content (AvgIpc) is 2.70. The minimum atomic E-state index is -0.251. The van der Waals surface area contributed by atoms with Gasteiger partial charge in [-0.3, -0.25) is 0 Å². The molecule has 1 heterocycles. The van der Waals surface area contributed by atoms with E-state index in [1.165, 1.54) is 23.7 Å². The molecule has 0 radical (unpaired) electrons. The molecule has 0 atom stereocenters. The lowest BCUT2D eigenvalue weighted by Crippen LogP contribution is -1.99. The number of halogens is 1. The van der Waals surface area contributed by atoms with Crippen molar-refractivity contribution < 1.29 is 4.39 Å². The van der Waals surface area contributed by atoms with Crippen molar-refractivity contribution in [1.82, 2.24) is 4.37 Å². The summed E-state index contributed by atoms with van der Waals surface area (Å²) in [6.07, 6.45) is 1.73. The lowest BCUT2D eigenvalue weighted by molar-refractivity contribution is 0.626. The molecule has 4 heteroatoms. The van der Waals surface area contributed by atoms with Crippen LogP contribution in [-0.2, 0) is 6.54 Å². The first-order chi connectivity index (χ1) is 6.81. The zero-order valence-corrected chi connectivity index (χ0v) is 8.22. The third kappa shape index (κ3) is 1.66. The molecule has 0 saturated heterocycles. The van der Waals surface area contributed by atoms with Gasteiger partial charge in [0.05, 0.1) is 4.88 Å². The largest absolute Gasteiger partial charge is 0.326 e. The summed E-state index contributed by atoms with van der Waals surface area (Å²) >= 11 is 1.38. The Hall–Kier alpha value is -1.26. The first kappa shape index (κ1) is 9.30. The molecule has 0 bridgehead atoms. The lowest BCUT2D eigenvalue weighted by Gasteiger charge is -2.04. The smallest absolute Gasteiger partial charge is 0.123 e. The third-order valence-electron chi connectivity index (χ3n) is 1.99. The fraction of sp³-hybridized carbons (Fsp3) is 0.100. The summed E-state index contributed by atoms with van der Waals surface area (Å²) in [5.41, 5.74) is 7.33. The van der Waals surface area contributed by atoms with Crippen molar-refractivity contribution >= 4 is 11.5 Å². The SMILES string of the molecule is NCc1cc(F)ccc1-c1ccns1. The molecule has 0 aliphatic carbocycles. The number of benzene rings is 1. The highest BCUT2D eigenvalue weighted by molar-refractivity contribution is 7.09. The number of aromatic nitrogens is 1. The van der Waals surface area contributed by atoms with Gasteiger partial charge < -0.3 is 5.73 Å². The van der Waals surface area contributed by atoms with E-state index in [0.29, 0.717) is 6.54 Å². The minimum absolute atomic E-state index is 0.251. The molecule has 0 aliphatic heterocycles. The average molecular weight is 208 g/mol. The van der Waals surface area contributed by atoms with Crippen LogP contribution in [0, 0.1) is 5.82 Å². The Kier molecular flexibility index (Phi) is 2.56. The van der Waals surface area contributed by atoms with Crippen LogP contribution < -0.4 is 5.73 Å². The molecule has 0 saturated carbocycles. The molecule has 0 unspecified atom stereocenters. The molecular weight excluding hydrogens is 199 g/mol. The zero-order chi connectivity index (χ0) is 9.97. The van der Waals surface area contributed by atoms with Gasteiger partial charge in [-0.1, -0.05) is 6.07 Å². The van der Waals surface area contributed by atoms with Crippen LogP contribution in [0.25, 0.3) is 10.4 Å². The lowest BCUT2D eigenvalue weighted by atomic mass is 10.1. The van der Waals surface area contributed by atoms with Crippen molar-refractivity contribution in [2.75, 3.05) is 0 Å². The van der Waals surface area contributed by atoms with Crippen molar-refractivity contribution in [1.29, 1.82) is 0 Å². The van der Waals surface area contributed by atoms with Gasteiger partial charge in [0, 0.05) is 12.7 Å². The Bertz CT molecular complexity index is 426. The zero-order valence-electron chi connectivity index (χ0n) is 7.40. The molecule has 0 aliphatic rings. The second-order valence-electron chi connectivity index (χ2n) is 2.88. The summed E-state index contributed by atoms with van der Waals surface area (Å²) in [5, 5.41) is 0. The number of nitrogens with zero attached hydrogens (tertiary/aromatic N) is 1. The van der Waals surface area contributed by atoms with Gasteiger partial charge in [0.1, 0.15) is 5.82 Å². The molecule has 1 aromatic carbocycles. The molecule has 0 amide bonds. The van der Waals surface area contributed by atoms with Crippen LogP contribution in [0.3, 0.4) is 0 Å². The molecule has 2 N–H and O–H groups in total. The van der Waals surface area contributed by atoms with Gasteiger partial charge in [0.2, 0.25) is 0 Å². The van der Waals surface area contributed by atoms with E-state index in [9.17, 15) is 4.39 Å². The molecule has 0 spiro atoms. The number of rotatable bonds is 2. The van der Waals surface area contributed by atoms with E-state index in [1.807, 2.05) is 6.07 Å². The molecule has 72 valence electrons. The molecule has 14 heavy (non-hydrogen) atoms. The first-order valence-electron chi connectivity index (χ1n) is 4.21. The maximum absolute atomic E-state index is 12.9. The van der Waals surface area contributed by atoms with E-state index in [-0.39, 0.29) is 5.82 Å². The summed E-state index contributed by atoms with van der Waals surface area (Å²) in [6.45, 7) is 0.338. The van der Waals surface area contributed by atoms with E-state index in [1.54, 1.807) is 12.3 Å². The van der Waals surface area contributed by atoms with Gasteiger partial charge in [-0.2, -0.15) is 0 Å². The number of hydrogen-bond acceptors (Lipinski definition) is 3. The van der Waals surface area contributed by atoms with E-state index in [2.05, 4.69) is 4.37 Å². The summed E-state index contributed by atoms with van der Waals surface area (Å²) in [4.78, 5) is 1.02. The van der Waals surface area contributed by atoms with Gasteiger partial charge in [-0.15, -0.1) is 0 Å². The fourth-order valence-electron chi connectivity index (χ4n) is 1.33. The highest BCUT2D eigenvalue weighted by Gasteiger charge is 2.06. The van der Waals surface area contributed by atoms with Crippen LogP contribution in [0.5, 0.6) is 0 Å². The maximum atomic E-state index is 12.9. The van der Waals surface area contributed by atoms with Crippen LogP contribution in [-0.4, -0.2) is 4.37 Å². The molecule has 0 fully saturated rings. The van der Waals surface area contributed by atoms with Crippen LogP contribution in [0.4, 0.5) is 4.39 Å². The van der Waals surface area contributed by atoms with E-state index in [0.717, 1.165) is 16.0 Å². The van der Waals surface area contributed by atoms with Gasteiger partial charge in [0.25, 0.3) is 0 Å². The summed E-state index contributed by atoms with van der Waals surface area (Å²) in [7, 11) is 0. The van der Waals surface area contributed by atoms with Gasteiger partial charge in [-0.05, 0) is 40.9 Å². The van der Waals surface area contributed by atoms with Crippen LogP contribution >= 0.6 is 11.5 Å². The van der Waals surface area contributed by atoms with E-state index < -0.39 is 0 Å². The summed E-state index contributed by atoms with van der Waals surface area (Å²) in [6, 6.07) is 6.55. The standard InChI is InChI=1S/C10H9FN2S/c11-8-1-2-9(7(5-8)6-12)10-3-4-13-14-10/h1-5H,6,12H2. The molecule has 1 aromatic heterocycles. The van der Waals surface area contributed by atoms with Crippen molar-refractivity contribution in [3.8, 4) is 10.4 Å². The second-order valence-corrected chi connectivity index (χ2v) is 3.72. The van der Waals surface area contributed by atoms with Crippen molar-refractivity contribution in [2.24, 2.45) is 5.73 Å².